The molecule has 0 aliphatic carbocycles. The maximum atomic E-state index is 11.9. The standard InChI is InChI=1S/C12H17IO3S/c1-10-4-6-11(7-5-10)17(14,15)16-9-12(2,3)8-13/h4-7H,8-9H2,1-3H3. The highest BCUT2D eigenvalue weighted by Crippen LogP contribution is 2.22. The Labute approximate surface area is 117 Å². The van der Waals surface area contributed by atoms with Gasteiger partial charge in [0.2, 0.25) is 0 Å². The molecule has 0 aliphatic heterocycles. The summed E-state index contributed by atoms with van der Waals surface area (Å²) >= 11 is 2.23. The summed E-state index contributed by atoms with van der Waals surface area (Å²) in [5, 5.41) is 0. The van der Waals surface area contributed by atoms with Gasteiger partial charge < -0.3 is 0 Å². The molecule has 1 rings (SSSR count). The van der Waals surface area contributed by atoms with Crippen LogP contribution >= 0.6 is 22.6 Å². The van der Waals surface area contributed by atoms with E-state index in [0.717, 1.165) is 9.99 Å². The van der Waals surface area contributed by atoms with E-state index in [9.17, 15) is 8.42 Å². The Kier molecular flexibility index (Phi) is 4.97. The number of hydrogen-bond donors (Lipinski definition) is 0. The van der Waals surface area contributed by atoms with Gasteiger partial charge in [-0.25, -0.2) is 0 Å². The smallest absolute Gasteiger partial charge is 0.266 e. The van der Waals surface area contributed by atoms with Crippen LogP contribution in [0.2, 0.25) is 0 Å². The second kappa shape index (κ2) is 5.67. The van der Waals surface area contributed by atoms with E-state index in [0.29, 0.717) is 0 Å². The van der Waals surface area contributed by atoms with Gasteiger partial charge in [-0.3, -0.25) is 4.18 Å². The molecule has 0 fully saturated rings. The summed E-state index contributed by atoms with van der Waals surface area (Å²) in [5.74, 6) is 0. The van der Waals surface area contributed by atoms with Crippen LogP contribution in [0.25, 0.3) is 0 Å². The minimum Gasteiger partial charge on any atom is -0.266 e. The van der Waals surface area contributed by atoms with Crippen LogP contribution in [0.15, 0.2) is 29.2 Å². The number of halogens is 1. The fraction of sp³-hybridized carbons (Fsp3) is 0.500. The van der Waals surface area contributed by atoms with Crippen LogP contribution in [0.3, 0.4) is 0 Å². The molecule has 0 aliphatic rings. The van der Waals surface area contributed by atoms with Crippen LogP contribution in [-0.2, 0) is 14.3 Å². The van der Waals surface area contributed by atoms with Crippen molar-refractivity contribution in [2.24, 2.45) is 5.41 Å². The molecular formula is C12H17IO3S. The van der Waals surface area contributed by atoms with Crippen LogP contribution in [-0.4, -0.2) is 19.5 Å². The molecule has 1 aromatic carbocycles. The van der Waals surface area contributed by atoms with Crippen LogP contribution in [0.4, 0.5) is 0 Å². The summed E-state index contributed by atoms with van der Waals surface area (Å²) in [6.07, 6.45) is 0. The van der Waals surface area contributed by atoms with Gasteiger partial charge in [-0.2, -0.15) is 8.42 Å². The average molecular weight is 368 g/mol. The van der Waals surface area contributed by atoms with Crippen LogP contribution < -0.4 is 0 Å². The summed E-state index contributed by atoms with van der Waals surface area (Å²) < 4.78 is 29.7. The maximum Gasteiger partial charge on any atom is 0.296 e. The van der Waals surface area contributed by atoms with E-state index < -0.39 is 10.1 Å². The van der Waals surface area contributed by atoms with Gasteiger partial charge in [0.15, 0.2) is 0 Å². The second-order valence-electron chi connectivity index (χ2n) is 4.83. The molecule has 0 unspecified atom stereocenters. The first-order valence-electron chi connectivity index (χ1n) is 5.29. The van der Waals surface area contributed by atoms with Crippen molar-refractivity contribution in [1.82, 2.24) is 0 Å². The molecule has 3 nitrogen and oxygen atoms in total. The summed E-state index contributed by atoms with van der Waals surface area (Å²) in [5.41, 5.74) is 0.884. The topological polar surface area (TPSA) is 43.4 Å². The summed E-state index contributed by atoms with van der Waals surface area (Å²) in [6, 6.07) is 6.67. The van der Waals surface area contributed by atoms with Crippen molar-refractivity contribution in [3.8, 4) is 0 Å². The van der Waals surface area contributed by atoms with Crippen molar-refractivity contribution in [2.45, 2.75) is 25.7 Å². The predicted octanol–water partition coefficient (Wildman–Crippen LogP) is 3.16. The third-order valence-electron chi connectivity index (χ3n) is 2.28. The fourth-order valence-electron chi connectivity index (χ4n) is 1.05. The summed E-state index contributed by atoms with van der Waals surface area (Å²) in [6.45, 7) is 6.07. The van der Waals surface area contributed by atoms with Crippen LogP contribution in [0.1, 0.15) is 19.4 Å². The molecule has 5 heteroatoms. The maximum absolute atomic E-state index is 11.9. The molecule has 0 saturated heterocycles. The summed E-state index contributed by atoms with van der Waals surface area (Å²) in [4.78, 5) is 0.215. The van der Waals surface area contributed by atoms with Crippen LogP contribution in [0.5, 0.6) is 0 Å². The highest BCUT2D eigenvalue weighted by molar-refractivity contribution is 14.1. The third-order valence-corrected chi connectivity index (χ3v) is 5.62. The summed E-state index contributed by atoms with van der Waals surface area (Å²) in [7, 11) is -3.62. The minimum atomic E-state index is -3.62. The monoisotopic (exact) mass is 368 g/mol. The zero-order chi connectivity index (χ0) is 13.1. The van der Waals surface area contributed by atoms with Gasteiger partial charge in [0.05, 0.1) is 11.5 Å². The van der Waals surface area contributed by atoms with E-state index in [-0.39, 0.29) is 16.9 Å². The molecule has 0 radical (unpaired) electrons. The first kappa shape index (κ1) is 14.9. The van der Waals surface area contributed by atoms with E-state index in [1.165, 1.54) is 0 Å². The molecular weight excluding hydrogens is 351 g/mol. The number of aryl methyl sites for hydroxylation is 1. The van der Waals surface area contributed by atoms with Gasteiger partial charge in [0, 0.05) is 4.43 Å². The lowest BCUT2D eigenvalue weighted by Crippen LogP contribution is -2.23. The van der Waals surface area contributed by atoms with E-state index in [2.05, 4.69) is 22.6 Å². The van der Waals surface area contributed by atoms with Gasteiger partial charge in [-0.15, -0.1) is 0 Å². The first-order valence-corrected chi connectivity index (χ1v) is 8.22. The van der Waals surface area contributed by atoms with E-state index in [4.69, 9.17) is 4.18 Å². The molecule has 17 heavy (non-hydrogen) atoms. The van der Waals surface area contributed by atoms with E-state index in [1.54, 1.807) is 24.3 Å². The van der Waals surface area contributed by atoms with Crippen molar-refractivity contribution in [3.63, 3.8) is 0 Å². The third kappa shape index (κ3) is 4.56. The average Bonchev–Trinajstić information content (AvgIpc) is 2.27. The Morgan fingerprint density at radius 1 is 1.24 bits per heavy atom. The molecule has 96 valence electrons. The SMILES string of the molecule is Cc1ccc(S(=O)(=O)OCC(C)(C)CI)cc1. The van der Waals surface area contributed by atoms with Crippen molar-refractivity contribution >= 4 is 32.7 Å². The molecule has 0 amide bonds. The lowest BCUT2D eigenvalue weighted by atomic mass is 9.99. The molecule has 0 spiro atoms. The predicted molar refractivity (Wildman–Crippen MR) is 77.0 cm³/mol. The number of hydrogen-bond acceptors (Lipinski definition) is 3. The number of benzene rings is 1. The molecule has 0 aromatic heterocycles. The molecule has 0 N–H and O–H groups in total. The highest BCUT2D eigenvalue weighted by atomic mass is 127. The van der Waals surface area contributed by atoms with Crippen molar-refractivity contribution < 1.29 is 12.6 Å². The molecule has 0 bridgehead atoms. The van der Waals surface area contributed by atoms with E-state index >= 15 is 0 Å². The van der Waals surface area contributed by atoms with Gasteiger partial charge in [0.1, 0.15) is 0 Å². The van der Waals surface area contributed by atoms with Crippen molar-refractivity contribution in [1.29, 1.82) is 0 Å². The second-order valence-corrected chi connectivity index (χ2v) is 7.21. The number of alkyl halides is 1. The van der Waals surface area contributed by atoms with Crippen molar-refractivity contribution in [2.75, 3.05) is 11.0 Å². The van der Waals surface area contributed by atoms with Gasteiger partial charge >= 0.3 is 0 Å². The highest BCUT2D eigenvalue weighted by Gasteiger charge is 2.22. The lowest BCUT2D eigenvalue weighted by Gasteiger charge is -2.20. The van der Waals surface area contributed by atoms with Gasteiger partial charge in [-0.1, -0.05) is 54.1 Å². The molecule has 0 saturated carbocycles. The zero-order valence-electron chi connectivity index (χ0n) is 10.2. The van der Waals surface area contributed by atoms with Gasteiger partial charge in [0.25, 0.3) is 10.1 Å². The Morgan fingerprint density at radius 3 is 2.24 bits per heavy atom. The Balaban J connectivity index is 2.79. The van der Waals surface area contributed by atoms with Crippen molar-refractivity contribution in [3.05, 3.63) is 29.8 Å². The molecule has 0 heterocycles. The van der Waals surface area contributed by atoms with Crippen LogP contribution in [0, 0.1) is 12.3 Å². The first-order chi connectivity index (χ1) is 7.77. The zero-order valence-corrected chi connectivity index (χ0v) is 13.2. The number of rotatable bonds is 5. The largest absolute Gasteiger partial charge is 0.296 e. The Bertz CT molecular complexity index is 463. The fourth-order valence-corrected chi connectivity index (χ4v) is 2.35. The van der Waals surface area contributed by atoms with Gasteiger partial charge in [-0.05, 0) is 24.5 Å². The Morgan fingerprint density at radius 2 is 1.76 bits per heavy atom. The molecule has 0 atom stereocenters. The van der Waals surface area contributed by atoms with E-state index in [1.807, 2.05) is 20.8 Å². The minimum absolute atomic E-state index is 0.141. The normalized spacial score (nSPS) is 12.7. The lowest BCUT2D eigenvalue weighted by molar-refractivity contribution is 0.210. The molecule has 1 aromatic rings. The quantitative estimate of drug-likeness (QED) is 0.456. The Hall–Kier alpha value is -0.140.